The van der Waals surface area contributed by atoms with Crippen molar-refractivity contribution in [2.75, 3.05) is 0 Å². The number of pyridine rings is 1. The third-order valence-corrected chi connectivity index (χ3v) is 4.78. The van der Waals surface area contributed by atoms with E-state index in [9.17, 15) is 0 Å². The van der Waals surface area contributed by atoms with Crippen LogP contribution in [-0.4, -0.2) is 21.8 Å². The minimum atomic E-state index is 0.427. The minimum absolute atomic E-state index is 0.427. The fourth-order valence-corrected chi connectivity index (χ4v) is 3.39. The van der Waals surface area contributed by atoms with Gasteiger partial charge in [0.1, 0.15) is 5.84 Å². The average Bonchev–Trinajstić information content (AvgIpc) is 2.65. The molecule has 2 aliphatic rings. The fraction of sp³-hybridized carbons (Fsp3) is 0.444. The van der Waals surface area contributed by atoms with Gasteiger partial charge < -0.3 is 4.90 Å². The van der Waals surface area contributed by atoms with E-state index in [1.807, 2.05) is 12.4 Å². The van der Waals surface area contributed by atoms with Crippen LogP contribution in [0.2, 0.25) is 0 Å². The van der Waals surface area contributed by atoms with Crippen molar-refractivity contribution in [1.29, 1.82) is 0 Å². The van der Waals surface area contributed by atoms with Crippen molar-refractivity contribution in [3.8, 4) is 0 Å². The predicted octanol–water partition coefficient (Wildman–Crippen LogP) is 4.90. The minimum Gasteiger partial charge on any atom is -0.327 e. The van der Waals surface area contributed by atoms with Gasteiger partial charge in [-0.1, -0.05) is 26.0 Å². The topological polar surface area (TPSA) is 28.5 Å². The molecule has 0 saturated carbocycles. The number of hydrogen-bond donors (Lipinski definition) is 0. The maximum atomic E-state index is 4.96. The van der Waals surface area contributed by atoms with Crippen molar-refractivity contribution in [2.24, 2.45) is 10.9 Å². The highest BCUT2D eigenvalue weighted by Crippen LogP contribution is 2.33. The van der Waals surface area contributed by atoms with E-state index in [-0.39, 0.29) is 0 Å². The lowest BCUT2D eigenvalue weighted by Crippen LogP contribution is -2.40. The Bertz CT molecular complexity index is 660. The molecule has 116 valence electrons. The highest BCUT2D eigenvalue weighted by molar-refractivity contribution is 9.10. The summed E-state index contributed by atoms with van der Waals surface area (Å²) >= 11 is 3.52. The molecule has 1 aromatic heterocycles. The summed E-state index contributed by atoms with van der Waals surface area (Å²) in [7, 11) is 0. The second-order valence-corrected chi connectivity index (χ2v) is 7.11. The van der Waals surface area contributed by atoms with Crippen LogP contribution in [0.5, 0.6) is 0 Å². The Hall–Kier alpha value is -1.42. The Morgan fingerprint density at radius 2 is 2.23 bits per heavy atom. The molecule has 2 unspecified atom stereocenters. The molecular weight excluding hydrogens is 338 g/mol. The van der Waals surface area contributed by atoms with Gasteiger partial charge in [-0.2, -0.15) is 0 Å². The van der Waals surface area contributed by atoms with Gasteiger partial charge >= 0.3 is 0 Å². The molecule has 0 amide bonds. The molecule has 0 spiro atoms. The van der Waals surface area contributed by atoms with E-state index < -0.39 is 0 Å². The molecule has 1 aromatic rings. The summed E-state index contributed by atoms with van der Waals surface area (Å²) in [6.07, 6.45) is 11.5. The van der Waals surface area contributed by atoms with Gasteiger partial charge in [-0.15, -0.1) is 0 Å². The van der Waals surface area contributed by atoms with Crippen molar-refractivity contribution >= 4 is 21.8 Å². The molecule has 22 heavy (non-hydrogen) atoms. The largest absolute Gasteiger partial charge is 0.327 e. The first-order valence-corrected chi connectivity index (χ1v) is 8.76. The zero-order valence-corrected chi connectivity index (χ0v) is 15.0. The third-order valence-electron chi connectivity index (χ3n) is 4.35. The number of rotatable bonds is 3. The van der Waals surface area contributed by atoms with Crippen molar-refractivity contribution in [1.82, 2.24) is 9.88 Å². The number of fused-ring (bicyclic) bond motifs is 2. The molecule has 3 nitrogen and oxygen atoms in total. The van der Waals surface area contributed by atoms with E-state index in [0.717, 1.165) is 35.1 Å². The monoisotopic (exact) mass is 359 g/mol. The molecule has 2 heterocycles. The van der Waals surface area contributed by atoms with Gasteiger partial charge in [0.05, 0.1) is 0 Å². The van der Waals surface area contributed by atoms with Crippen LogP contribution >= 0.6 is 15.9 Å². The first-order chi connectivity index (χ1) is 10.6. The van der Waals surface area contributed by atoms with Crippen LogP contribution in [0.25, 0.3) is 0 Å². The second kappa shape index (κ2) is 6.37. The number of aromatic nitrogens is 1. The van der Waals surface area contributed by atoms with Crippen molar-refractivity contribution in [3.05, 3.63) is 52.0 Å². The average molecular weight is 360 g/mol. The normalized spacial score (nSPS) is 22.5. The predicted molar refractivity (Wildman–Crippen MR) is 94.6 cm³/mol. The van der Waals surface area contributed by atoms with E-state index in [4.69, 9.17) is 4.99 Å². The smallest absolute Gasteiger partial charge is 0.142 e. The highest BCUT2D eigenvalue weighted by Gasteiger charge is 2.29. The summed E-state index contributed by atoms with van der Waals surface area (Å²) in [5.41, 5.74) is 3.64. The van der Waals surface area contributed by atoms with Crippen molar-refractivity contribution in [2.45, 2.75) is 46.1 Å². The van der Waals surface area contributed by atoms with Gasteiger partial charge in [-0.3, -0.25) is 4.98 Å². The standard InChI is InChI=1S/C18H22BrN3/c1-4-13(3)22-17-7-12(2)5-6-16(9-17)21-18(22)14-8-15(19)11-20-10-14/h6-8,10-13H,4-5,9H2,1-3H3. The number of amidine groups is 1. The molecule has 2 atom stereocenters. The fourth-order valence-electron chi connectivity index (χ4n) is 3.02. The highest BCUT2D eigenvalue weighted by atomic mass is 79.9. The molecule has 1 aliphatic heterocycles. The Labute approximate surface area is 141 Å². The van der Waals surface area contributed by atoms with Crippen LogP contribution in [0.15, 0.2) is 51.5 Å². The number of allylic oxidation sites excluding steroid dienone is 2. The van der Waals surface area contributed by atoms with E-state index in [1.54, 1.807) is 0 Å². The second-order valence-electron chi connectivity index (χ2n) is 6.20. The van der Waals surface area contributed by atoms with Gasteiger partial charge in [-0.25, -0.2) is 4.99 Å². The summed E-state index contributed by atoms with van der Waals surface area (Å²) in [6.45, 7) is 6.78. The van der Waals surface area contributed by atoms with Crippen LogP contribution < -0.4 is 0 Å². The lowest BCUT2D eigenvalue weighted by Gasteiger charge is -2.37. The first kappa shape index (κ1) is 15.5. The van der Waals surface area contributed by atoms with Gasteiger partial charge in [0.15, 0.2) is 0 Å². The molecule has 4 heteroatoms. The summed E-state index contributed by atoms with van der Waals surface area (Å²) in [5.74, 6) is 1.59. The quantitative estimate of drug-likeness (QED) is 0.767. The Morgan fingerprint density at radius 3 is 2.95 bits per heavy atom. The molecule has 0 saturated heterocycles. The summed E-state index contributed by atoms with van der Waals surface area (Å²) in [4.78, 5) is 11.7. The maximum Gasteiger partial charge on any atom is 0.142 e. The Balaban J connectivity index is 2.13. The molecule has 0 fully saturated rings. The van der Waals surface area contributed by atoms with Crippen LogP contribution in [0.3, 0.4) is 0 Å². The van der Waals surface area contributed by atoms with Crippen LogP contribution in [0.4, 0.5) is 0 Å². The molecule has 0 aromatic carbocycles. The van der Waals surface area contributed by atoms with Crippen molar-refractivity contribution in [3.63, 3.8) is 0 Å². The van der Waals surface area contributed by atoms with Crippen LogP contribution in [0, 0.1) is 5.92 Å². The van der Waals surface area contributed by atoms with E-state index in [0.29, 0.717) is 12.0 Å². The van der Waals surface area contributed by atoms with E-state index >= 15 is 0 Å². The Morgan fingerprint density at radius 1 is 1.41 bits per heavy atom. The molecular formula is C18H22BrN3. The zero-order chi connectivity index (χ0) is 15.7. The summed E-state index contributed by atoms with van der Waals surface area (Å²) in [5, 5.41) is 0. The SMILES string of the molecule is CCC(C)N1C2=CC(C)CC=C(C2)N=C1c1cncc(Br)c1. The van der Waals surface area contributed by atoms with Crippen molar-refractivity contribution < 1.29 is 0 Å². The molecule has 2 bridgehead atoms. The van der Waals surface area contributed by atoms with Gasteiger partial charge in [-0.05, 0) is 47.7 Å². The van der Waals surface area contributed by atoms with Gasteiger partial charge in [0.25, 0.3) is 0 Å². The maximum absolute atomic E-state index is 4.96. The van der Waals surface area contributed by atoms with Crippen LogP contribution in [0.1, 0.15) is 45.6 Å². The molecule has 3 rings (SSSR count). The third kappa shape index (κ3) is 3.02. The van der Waals surface area contributed by atoms with Gasteiger partial charge in [0.2, 0.25) is 0 Å². The molecule has 1 aliphatic carbocycles. The lowest BCUT2D eigenvalue weighted by molar-refractivity contribution is 0.371. The zero-order valence-electron chi connectivity index (χ0n) is 13.4. The van der Waals surface area contributed by atoms with E-state index in [2.05, 4.69) is 64.8 Å². The Kier molecular flexibility index (Phi) is 4.48. The molecule has 0 N–H and O–H groups in total. The van der Waals surface area contributed by atoms with Crippen LogP contribution in [-0.2, 0) is 0 Å². The molecule has 0 radical (unpaired) electrons. The number of hydrogen-bond acceptors (Lipinski definition) is 3. The van der Waals surface area contributed by atoms with E-state index in [1.165, 1.54) is 11.4 Å². The summed E-state index contributed by atoms with van der Waals surface area (Å²) < 4.78 is 0.988. The number of halogens is 1. The summed E-state index contributed by atoms with van der Waals surface area (Å²) in [6, 6.07) is 2.53. The van der Waals surface area contributed by atoms with Gasteiger partial charge in [0, 0.05) is 46.3 Å². The number of aliphatic imine (C=N–C) groups is 1. The number of nitrogens with zero attached hydrogens (tertiary/aromatic N) is 3. The first-order valence-electron chi connectivity index (χ1n) is 7.97. The lowest BCUT2D eigenvalue weighted by atomic mass is 10.0.